The summed E-state index contributed by atoms with van der Waals surface area (Å²) in [6.07, 6.45) is 3.92. The molecule has 1 aromatic carbocycles. The zero-order valence-electron chi connectivity index (χ0n) is 19.8. The third kappa shape index (κ3) is 4.69. The monoisotopic (exact) mass is 508 g/mol. The minimum Gasteiger partial charge on any atom is -0.470 e. The van der Waals surface area contributed by atoms with Gasteiger partial charge >= 0.3 is 6.09 Å². The zero-order valence-corrected chi connectivity index (χ0v) is 20.6. The number of anilines is 1. The highest BCUT2D eigenvalue weighted by molar-refractivity contribution is 6.33. The van der Waals surface area contributed by atoms with E-state index in [2.05, 4.69) is 15.0 Å². The first-order valence-electron chi connectivity index (χ1n) is 11.5. The molecule has 36 heavy (non-hydrogen) atoms. The molecule has 0 atom stereocenters. The van der Waals surface area contributed by atoms with Gasteiger partial charge in [0.2, 0.25) is 5.88 Å². The first-order chi connectivity index (χ1) is 17.3. The van der Waals surface area contributed by atoms with Gasteiger partial charge in [0.1, 0.15) is 17.8 Å². The lowest BCUT2D eigenvalue weighted by Gasteiger charge is -2.19. The summed E-state index contributed by atoms with van der Waals surface area (Å²) in [6, 6.07) is 8.81. The number of nitrogens with zero attached hydrogens (tertiary/aromatic N) is 6. The van der Waals surface area contributed by atoms with Crippen molar-refractivity contribution in [3.05, 3.63) is 59.1 Å². The molecule has 0 saturated heterocycles. The summed E-state index contributed by atoms with van der Waals surface area (Å²) in [5.74, 6) is 0.935. The Kier molecular flexibility index (Phi) is 6.23. The molecular weight excluding hydrogens is 484 g/mol. The van der Waals surface area contributed by atoms with E-state index in [4.69, 9.17) is 21.3 Å². The Morgan fingerprint density at radius 1 is 1.22 bits per heavy atom. The van der Waals surface area contributed by atoms with Crippen LogP contribution in [0.1, 0.15) is 31.0 Å². The number of pyridine rings is 1. The van der Waals surface area contributed by atoms with E-state index >= 15 is 0 Å². The van der Waals surface area contributed by atoms with Crippen molar-refractivity contribution in [2.24, 2.45) is 0 Å². The third-order valence-electron chi connectivity index (χ3n) is 6.15. The Morgan fingerprint density at radius 2 is 2.03 bits per heavy atom. The maximum atomic E-state index is 11.6. The minimum absolute atomic E-state index is 0.0718. The lowest BCUT2D eigenvalue weighted by atomic mass is 10.1. The minimum atomic E-state index is -1.18. The predicted molar refractivity (Wildman–Crippen MR) is 135 cm³/mol. The number of rotatable bonds is 8. The standard InChI is InChI=1S/C25H25ClN6O4/c1-15-5-8-27-16(11-15)13-32-21(18-4-3-17(12-19(18)26)31(9-10-33)24(34)35)30-20-22(32)28-14-29-23(20)36-25(2)6-7-25/h3-5,8,11-12,14,33H,6-7,9-10,13H2,1-2H3,(H,34,35). The van der Waals surface area contributed by atoms with Gasteiger partial charge in [0.25, 0.3) is 0 Å². The largest absolute Gasteiger partial charge is 0.470 e. The number of imidazole rings is 1. The number of aryl methyl sites for hydroxylation is 1. The van der Waals surface area contributed by atoms with E-state index in [1.165, 1.54) is 6.33 Å². The van der Waals surface area contributed by atoms with Gasteiger partial charge in [-0.3, -0.25) is 9.88 Å². The van der Waals surface area contributed by atoms with Gasteiger partial charge in [-0.15, -0.1) is 0 Å². The second kappa shape index (κ2) is 9.36. The fourth-order valence-corrected chi connectivity index (χ4v) is 4.25. The van der Waals surface area contributed by atoms with Crippen LogP contribution in [0.5, 0.6) is 5.88 Å². The molecule has 1 amide bonds. The van der Waals surface area contributed by atoms with Crippen LogP contribution in [0.15, 0.2) is 42.9 Å². The van der Waals surface area contributed by atoms with Crippen LogP contribution in [0.25, 0.3) is 22.6 Å². The van der Waals surface area contributed by atoms with Crippen molar-refractivity contribution in [1.29, 1.82) is 0 Å². The maximum Gasteiger partial charge on any atom is 0.411 e. The second-order valence-electron chi connectivity index (χ2n) is 9.07. The number of ether oxygens (including phenoxy) is 1. The Labute approximate surface area is 212 Å². The predicted octanol–water partition coefficient (Wildman–Crippen LogP) is 4.31. The van der Waals surface area contributed by atoms with Crippen molar-refractivity contribution < 1.29 is 19.7 Å². The van der Waals surface area contributed by atoms with Crippen molar-refractivity contribution in [2.45, 2.75) is 38.8 Å². The Balaban J connectivity index is 1.64. The molecule has 2 N–H and O–H groups in total. The van der Waals surface area contributed by atoms with Crippen molar-refractivity contribution >= 4 is 34.5 Å². The smallest absolute Gasteiger partial charge is 0.411 e. The van der Waals surface area contributed by atoms with Gasteiger partial charge in [0.15, 0.2) is 11.2 Å². The van der Waals surface area contributed by atoms with Crippen LogP contribution in [0.3, 0.4) is 0 Å². The van der Waals surface area contributed by atoms with Crippen LogP contribution in [-0.4, -0.2) is 59.6 Å². The van der Waals surface area contributed by atoms with E-state index in [0.29, 0.717) is 45.7 Å². The highest BCUT2D eigenvalue weighted by Crippen LogP contribution is 2.41. The molecule has 3 aromatic heterocycles. The SMILES string of the molecule is Cc1ccnc(Cn2c(-c3ccc(N(CCO)C(=O)O)cc3Cl)nc3c(OC4(C)CC4)ncnc32)c1. The summed E-state index contributed by atoms with van der Waals surface area (Å²) in [5, 5.41) is 19.1. The number of fused-ring (bicyclic) bond motifs is 1. The average molecular weight is 509 g/mol. The first-order valence-corrected chi connectivity index (χ1v) is 11.9. The molecule has 5 rings (SSSR count). The molecule has 1 aliphatic carbocycles. The van der Waals surface area contributed by atoms with Gasteiger partial charge < -0.3 is 19.5 Å². The molecule has 0 radical (unpaired) electrons. The fourth-order valence-electron chi connectivity index (χ4n) is 3.99. The Morgan fingerprint density at radius 3 is 2.69 bits per heavy atom. The summed E-state index contributed by atoms with van der Waals surface area (Å²) < 4.78 is 8.07. The number of halogens is 1. The Bertz CT molecular complexity index is 1450. The number of hydrogen-bond acceptors (Lipinski definition) is 7. The van der Waals surface area contributed by atoms with E-state index in [0.717, 1.165) is 29.0 Å². The van der Waals surface area contributed by atoms with Gasteiger partial charge in [0.05, 0.1) is 30.4 Å². The van der Waals surface area contributed by atoms with Gasteiger partial charge in [-0.25, -0.2) is 14.8 Å². The number of hydrogen-bond donors (Lipinski definition) is 2. The summed E-state index contributed by atoms with van der Waals surface area (Å²) in [5.41, 5.74) is 3.67. The van der Waals surface area contributed by atoms with Crippen LogP contribution in [0.4, 0.5) is 10.5 Å². The molecule has 186 valence electrons. The number of carbonyl (C=O) groups is 1. The van der Waals surface area contributed by atoms with Gasteiger partial charge in [-0.1, -0.05) is 11.6 Å². The lowest BCUT2D eigenvalue weighted by molar-refractivity contribution is 0.194. The number of amides is 1. The van der Waals surface area contributed by atoms with E-state index in [9.17, 15) is 15.0 Å². The third-order valence-corrected chi connectivity index (χ3v) is 6.46. The molecule has 0 unspecified atom stereocenters. The zero-order chi connectivity index (χ0) is 25.4. The molecule has 10 nitrogen and oxygen atoms in total. The molecule has 1 saturated carbocycles. The molecule has 1 aliphatic rings. The van der Waals surface area contributed by atoms with E-state index in [-0.39, 0.29) is 18.8 Å². The van der Waals surface area contributed by atoms with E-state index in [1.54, 1.807) is 24.4 Å². The van der Waals surface area contributed by atoms with Gasteiger partial charge in [-0.2, -0.15) is 4.98 Å². The van der Waals surface area contributed by atoms with Crippen molar-refractivity contribution in [2.75, 3.05) is 18.1 Å². The topological polar surface area (TPSA) is 126 Å². The highest BCUT2D eigenvalue weighted by Gasteiger charge is 2.41. The van der Waals surface area contributed by atoms with Crippen molar-refractivity contribution in [3.8, 4) is 17.3 Å². The number of aliphatic hydroxyl groups excluding tert-OH is 1. The van der Waals surface area contributed by atoms with Crippen LogP contribution >= 0.6 is 11.6 Å². The molecule has 0 aliphatic heterocycles. The van der Waals surface area contributed by atoms with E-state index < -0.39 is 6.09 Å². The van der Waals surface area contributed by atoms with Crippen LogP contribution in [0, 0.1) is 6.92 Å². The van der Waals surface area contributed by atoms with Gasteiger partial charge in [0, 0.05) is 17.4 Å². The lowest BCUT2D eigenvalue weighted by Crippen LogP contribution is -2.31. The molecule has 11 heteroatoms. The molecule has 4 aromatic rings. The van der Waals surface area contributed by atoms with Crippen LogP contribution in [-0.2, 0) is 6.54 Å². The molecule has 3 heterocycles. The molecule has 0 spiro atoms. The molecule has 0 bridgehead atoms. The summed E-state index contributed by atoms with van der Waals surface area (Å²) in [7, 11) is 0. The van der Waals surface area contributed by atoms with Crippen molar-refractivity contribution in [1.82, 2.24) is 24.5 Å². The number of benzene rings is 1. The molecular formula is C25H25ClN6O4. The van der Waals surface area contributed by atoms with E-state index in [1.807, 2.05) is 30.5 Å². The first kappa shape index (κ1) is 24.0. The average Bonchev–Trinajstić information content (AvgIpc) is 3.45. The van der Waals surface area contributed by atoms with Gasteiger partial charge in [-0.05, 0) is 62.6 Å². The molecule has 1 fully saturated rings. The number of aliphatic hydroxyl groups is 1. The fraction of sp³-hybridized carbons (Fsp3) is 0.320. The summed E-state index contributed by atoms with van der Waals surface area (Å²) >= 11 is 6.68. The normalized spacial score (nSPS) is 14.1. The van der Waals surface area contributed by atoms with Crippen LogP contribution in [0.2, 0.25) is 5.02 Å². The summed E-state index contributed by atoms with van der Waals surface area (Å²) in [6.45, 7) is 4.03. The number of aromatic nitrogens is 5. The highest BCUT2D eigenvalue weighted by atomic mass is 35.5. The second-order valence-corrected chi connectivity index (χ2v) is 9.48. The van der Waals surface area contributed by atoms with Crippen molar-refractivity contribution in [3.63, 3.8) is 0 Å². The summed E-state index contributed by atoms with van der Waals surface area (Å²) in [4.78, 5) is 30.9. The quantitative estimate of drug-likeness (QED) is 0.360. The number of carboxylic acid groups (broad SMARTS) is 1. The Hall–Kier alpha value is -3.76. The maximum absolute atomic E-state index is 11.6. The van der Waals surface area contributed by atoms with Crippen LogP contribution < -0.4 is 9.64 Å².